The predicted molar refractivity (Wildman–Crippen MR) is 81.0 cm³/mol. The monoisotopic (exact) mass is 271 g/mol. The van der Waals surface area contributed by atoms with E-state index in [9.17, 15) is 0 Å². The molecule has 0 saturated heterocycles. The third kappa shape index (κ3) is 3.70. The Hall–Kier alpha value is -2.10. The molecule has 1 atom stereocenters. The number of hydrogen-bond donors (Lipinski definition) is 1. The molecule has 2 aromatic rings. The lowest BCUT2D eigenvalue weighted by molar-refractivity contribution is 0.317. The minimum atomic E-state index is 0.102. The molecular formula is C16H21N3O. The summed E-state index contributed by atoms with van der Waals surface area (Å²) in [5.74, 6) is 0.889. The Labute approximate surface area is 120 Å². The van der Waals surface area contributed by atoms with Crippen LogP contribution in [0.25, 0.3) is 0 Å². The van der Waals surface area contributed by atoms with Crippen LogP contribution in [0.15, 0.2) is 36.7 Å². The van der Waals surface area contributed by atoms with Crippen LogP contribution in [0.3, 0.4) is 0 Å². The Morgan fingerprint density at radius 2 is 2.05 bits per heavy atom. The maximum atomic E-state index is 5.64. The van der Waals surface area contributed by atoms with Gasteiger partial charge in [-0.05, 0) is 32.4 Å². The van der Waals surface area contributed by atoms with E-state index < -0.39 is 0 Å². The van der Waals surface area contributed by atoms with Crippen LogP contribution in [-0.2, 0) is 0 Å². The first-order chi connectivity index (χ1) is 9.70. The molecule has 1 aromatic heterocycles. The zero-order valence-corrected chi connectivity index (χ0v) is 12.3. The molecule has 106 valence electrons. The minimum absolute atomic E-state index is 0.102. The van der Waals surface area contributed by atoms with Gasteiger partial charge in [0.2, 0.25) is 0 Å². The largest absolute Gasteiger partial charge is 0.494 e. The first-order valence-corrected chi connectivity index (χ1v) is 6.97. The van der Waals surface area contributed by atoms with Crippen molar-refractivity contribution in [3.8, 4) is 5.75 Å². The molecule has 4 heteroatoms. The van der Waals surface area contributed by atoms with Crippen LogP contribution in [0.5, 0.6) is 5.75 Å². The topological polar surface area (TPSA) is 47.0 Å². The van der Waals surface area contributed by atoms with Crippen molar-refractivity contribution < 1.29 is 4.74 Å². The van der Waals surface area contributed by atoms with Crippen molar-refractivity contribution in [2.45, 2.75) is 33.2 Å². The van der Waals surface area contributed by atoms with Crippen LogP contribution in [-0.4, -0.2) is 16.6 Å². The summed E-state index contributed by atoms with van der Waals surface area (Å²) in [6.07, 6.45) is 4.44. The van der Waals surface area contributed by atoms with E-state index >= 15 is 0 Å². The molecule has 1 unspecified atom stereocenters. The highest BCUT2D eigenvalue weighted by atomic mass is 16.5. The van der Waals surface area contributed by atoms with Gasteiger partial charge in [-0.1, -0.05) is 13.0 Å². The Bertz CT molecular complexity index is 557. The molecule has 0 aliphatic heterocycles. The summed E-state index contributed by atoms with van der Waals surface area (Å²) in [6, 6.07) is 8.10. The van der Waals surface area contributed by atoms with E-state index in [1.54, 1.807) is 12.4 Å². The van der Waals surface area contributed by atoms with Crippen molar-refractivity contribution in [2.24, 2.45) is 0 Å². The summed E-state index contributed by atoms with van der Waals surface area (Å²) in [4.78, 5) is 8.66. The maximum Gasteiger partial charge on any atom is 0.121 e. The third-order valence-electron chi connectivity index (χ3n) is 3.02. The van der Waals surface area contributed by atoms with Crippen LogP contribution >= 0.6 is 0 Å². The molecule has 0 aliphatic rings. The van der Waals surface area contributed by atoms with Crippen molar-refractivity contribution in [1.82, 2.24) is 9.97 Å². The van der Waals surface area contributed by atoms with Gasteiger partial charge in [0, 0.05) is 24.1 Å². The molecule has 1 heterocycles. The Balaban J connectivity index is 2.08. The molecule has 0 radical (unpaired) electrons. The van der Waals surface area contributed by atoms with Gasteiger partial charge in [0.25, 0.3) is 0 Å². The summed E-state index contributed by atoms with van der Waals surface area (Å²) in [6.45, 7) is 6.89. The van der Waals surface area contributed by atoms with Crippen LogP contribution in [0.4, 0.5) is 5.69 Å². The van der Waals surface area contributed by atoms with Gasteiger partial charge in [0.05, 0.1) is 24.0 Å². The Kier molecular flexibility index (Phi) is 4.93. The molecular weight excluding hydrogens is 250 g/mol. The number of hydrogen-bond acceptors (Lipinski definition) is 4. The molecule has 0 spiro atoms. The fourth-order valence-electron chi connectivity index (χ4n) is 2.06. The Morgan fingerprint density at radius 3 is 2.80 bits per heavy atom. The summed E-state index contributed by atoms with van der Waals surface area (Å²) < 4.78 is 5.64. The van der Waals surface area contributed by atoms with Gasteiger partial charge >= 0.3 is 0 Å². The minimum Gasteiger partial charge on any atom is -0.494 e. The number of nitrogens with zero attached hydrogens (tertiary/aromatic N) is 2. The lowest BCUT2D eigenvalue weighted by Gasteiger charge is -2.16. The van der Waals surface area contributed by atoms with E-state index in [0.29, 0.717) is 0 Å². The zero-order chi connectivity index (χ0) is 14.4. The maximum absolute atomic E-state index is 5.64. The first-order valence-electron chi connectivity index (χ1n) is 6.97. The molecule has 0 aliphatic carbocycles. The molecule has 2 rings (SSSR count). The van der Waals surface area contributed by atoms with Crippen molar-refractivity contribution >= 4 is 5.69 Å². The molecule has 0 saturated carbocycles. The van der Waals surface area contributed by atoms with Crippen LogP contribution < -0.4 is 10.1 Å². The van der Waals surface area contributed by atoms with Gasteiger partial charge in [0.15, 0.2) is 0 Å². The molecule has 1 aromatic carbocycles. The predicted octanol–water partition coefficient (Wildman–Crippen LogP) is 3.75. The fraction of sp³-hybridized carbons (Fsp3) is 0.375. The SMILES string of the molecule is CCCOc1cccc(NC(C)c2nccnc2C)c1. The summed E-state index contributed by atoms with van der Waals surface area (Å²) in [7, 11) is 0. The average Bonchev–Trinajstić information content (AvgIpc) is 2.46. The van der Waals surface area contributed by atoms with Crippen LogP contribution in [0.2, 0.25) is 0 Å². The number of aromatic nitrogens is 2. The molecule has 1 N–H and O–H groups in total. The Morgan fingerprint density at radius 1 is 1.25 bits per heavy atom. The van der Waals surface area contributed by atoms with E-state index in [1.807, 2.05) is 31.2 Å². The number of anilines is 1. The van der Waals surface area contributed by atoms with E-state index in [1.165, 1.54) is 0 Å². The van der Waals surface area contributed by atoms with Crippen LogP contribution in [0.1, 0.15) is 37.7 Å². The molecule has 20 heavy (non-hydrogen) atoms. The number of rotatable bonds is 6. The number of ether oxygens (including phenoxy) is 1. The molecule has 0 bridgehead atoms. The van der Waals surface area contributed by atoms with Crippen molar-refractivity contribution in [3.05, 3.63) is 48.0 Å². The molecule has 0 fully saturated rings. The highest BCUT2D eigenvalue weighted by Gasteiger charge is 2.10. The smallest absolute Gasteiger partial charge is 0.121 e. The lowest BCUT2D eigenvalue weighted by Crippen LogP contribution is -2.11. The molecule has 4 nitrogen and oxygen atoms in total. The standard InChI is InChI=1S/C16H21N3O/c1-4-10-20-15-7-5-6-14(11-15)19-13(3)16-12(2)17-8-9-18-16/h5-9,11,13,19H,4,10H2,1-3H3. The number of aryl methyl sites for hydroxylation is 1. The average molecular weight is 271 g/mol. The molecule has 0 amide bonds. The summed E-state index contributed by atoms with van der Waals surface area (Å²) in [5, 5.41) is 3.43. The van der Waals surface area contributed by atoms with Gasteiger partial charge in [-0.3, -0.25) is 9.97 Å². The quantitative estimate of drug-likeness (QED) is 0.869. The van der Waals surface area contributed by atoms with Crippen molar-refractivity contribution in [3.63, 3.8) is 0 Å². The van der Waals surface area contributed by atoms with Gasteiger partial charge in [-0.25, -0.2) is 0 Å². The second-order valence-electron chi connectivity index (χ2n) is 4.77. The number of nitrogens with one attached hydrogen (secondary N) is 1. The van der Waals surface area contributed by atoms with Crippen LogP contribution in [0, 0.1) is 6.92 Å². The van der Waals surface area contributed by atoms with Gasteiger partial charge in [0.1, 0.15) is 5.75 Å². The van der Waals surface area contributed by atoms with Crippen molar-refractivity contribution in [1.29, 1.82) is 0 Å². The highest BCUT2D eigenvalue weighted by molar-refractivity contribution is 5.49. The van der Waals surface area contributed by atoms with Gasteiger partial charge in [-0.15, -0.1) is 0 Å². The van der Waals surface area contributed by atoms with Crippen molar-refractivity contribution in [2.75, 3.05) is 11.9 Å². The lowest BCUT2D eigenvalue weighted by atomic mass is 10.1. The first kappa shape index (κ1) is 14.3. The van der Waals surface area contributed by atoms with Gasteiger partial charge < -0.3 is 10.1 Å². The van der Waals surface area contributed by atoms with Gasteiger partial charge in [-0.2, -0.15) is 0 Å². The second kappa shape index (κ2) is 6.89. The highest BCUT2D eigenvalue weighted by Crippen LogP contribution is 2.22. The second-order valence-corrected chi connectivity index (χ2v) is 4.77. The van der Waals surface area contributed by atoms with E-state index in [0.717, 1.165) is 35.9 Å². The summed E-state index contributed by atoms with van der Waals surface area (Å²) >= 11 is 0. The van der Waals surface area contributed by atoms with E-state index in [-0.39, 0.29) is 6.04 Å². The summed E-state index contributed by atoms with van der Waals surface area (Å²) in [5.41, 5.74) is 2.94. The normalized spacial score (nSPS) is 11.9. The fourth-order valence-corrected chi connectivity index (χ4v) is 2.06. The van der Waals surface area contributed by atoms with E-state index in [4.69, 9.17) is 4.74 Å². The van der Waals surface area contributed by atoms with E-state index in [2.05, 4.69) is 29.1 Å². The number of benzene rings is 1. The third-order valence-corrected chi connectivity index (χ3v) is 3.02. The zero-order valence-electron chi connectivity index (χ0n) is 12.3.